The molecule has 0 aromatic carbocycles. The van der Waals surface area contributed by atoms with Gasteiger partial charge in [-0.3, -0.25) is 0 Å². The van der Waals surface area contributed by atoms with Crippen molar-refractivity contribution < 1.29 is 21.9 Å². The van der Waals surface area contributed by atoms with Crippen molar-refractivity contribution >= 4 is 10.0 Å². The van der Waals surface area contributed by atoms with Crippen LogP contribution in [0.15, 0.2) is 11.1 Å². The molecule has 0 aliphatic carbocycles. The van der Waals surface area contributed by atoms with Crippen molar-refractivity contribution in [3.63, 3.8) is 0 Å². The predicted molar refractivity (Wildman–Crippen MR) is 51.9 cm³/mol. The Morgan fingerprint density at radius 3 is 2.44 bits per heavy atom. The summed E-state index contributed by atoms with van der Waals surface area (Å²) in [4.78, 5) is 3.47. The third-order valence-electron chi connectivity index (χ3n) is 1.86. The van der Waals surface area contributed by atoms with Crippen LogP contribution in [0.2, 0.25) is 0 Å². The van der Waals surface area contributed by atoms with E-state index in [2.05, 4.69) is 4.98 Å². The maximum atomic E-state index is 12.6. The first-order chi connectivity index (χ1) is 7.27. The molecule has 0 atom stereocenters. The number of pyridine rings is 1. The van der Waals surface area contributed by atoms with Crippen LogP contribution in [0.4, 0.5) is 8.78 Å². The zero-order chi connectivity index (χ0) is 12.5. The van der Waals surface area contributed by atoms with Crippen LogP contribution in [0.25, 0.3) is 0 Å². The lowest BCUT2D eigenvalue weighted by Gasteiger charge is -2.10. The zero-order valence-electron chi connectivity index (χ0n) is 8.57. The Balaban J connectivity index is 3.56. The smallest absolute Gasteiger partial charge is 0.266 e. The first kappa shape index (κ1) is 12.8. The van der Waals surface area contributed by atoms with E-state index < -0.39 is 27.0 Å². The molecule has 0 radical (unpaired) electrons. The van der Waals surface area contributed by atoms with Crippen molar-refractivity contribution in [2.75, 3.05) is 7.11 Å². The van der Waals surface area contributed by atoms with Crippen molar-refractivity contribution in [2.24, 2.45) is 5.14 Å². The quantitative estimate of drug-likeness (QED) is 0.869. The number of hydrogen-bond acceptors (Lipinski definition) is 4. The van der Waals surface area contributed by atoms with Crippen LogP contribution in [-0.2, 0) is 10.0 Å². The number of aromatic nitrogens is 1. The first-order valence-corrected chi connectivity index (χ1v) is 5.68. The lowest BCUT2D eigenvalue weighted by molar-refractivity contribution is 0.146. The van der Waals surface area contributed by atoms with E-state index in [-0.39, 0.29) is 5.88 Å². The van der Waals surface area contributed by atoms with Gasteiger partial charge in [-0.05, 0) is 13.0 Å². The van der Waals surface area contributed by atoms with Crippen LogP contribution in [0.1, 0.15) is 17.6 Å². The van der Waals surface area contributed by atoms with Gasteiger partial charge in [-0.1, -0.05) is 0 Å². The van der Waals surface area contributed by atoms with E-state index in [0.717, 1.165) is 6.07 Å². The average molecular weight is 252 g/mol. The summed E-state index contributed by atoms with van der Waals surface area (Å²) in [6.07, 6.45) is -2.97. The number of sulfonamides is 1. The molecule has 0 spiro atoms. The molecule has 0 amide bonds. The topological polar surface area (TPSA) is 82.3 Å². The number of primary sulfonamides is 1. The van der Waals surface area contributed by atoms with Gasteiger partial charge >= 0.3 is 0 Å². The summed E-state index contributed by atoms with van der Waals surface area (Å²) in [5.74, 6) is -0.0478. The Hall–Kier alpha value is -1.28. The van der Waals surface area contributed by atoms with Gasteiger partial charge in [0.05, 0.1) is 12.7 Å². The van der Waals surface area contributed by atoms with Gasteiger partial charge in [-0.25, -0.2) is 22.3 Å². The molecule has 0 aliphatic heterocycles. The number of ether oxygens (including phenoxy) is 1. The SMILES string of the molecule is COc1nc(S(N)(=O)=O)c(C(F)F)cc1C. The Morgan fingerprint density at radius 2 is 2.06 bits per heavy atom. The lowest BCUT2D eigenvalue weighted by Crippen LogP contribution is -2.17. The highest BCUT2D eigenvalue weighted by atomic mass is 32.2. The molecule has 0 saturated carbocycles. The van der Waals surface area contributed by atoms with E-state index in [0.29, 0.717) is 5.56 Å². The molecular weight excluding hydrogens is 242 g/mol. The molecule has 5 nitrogen and oxygen atoms in total. The summed E-state index contributed by atoms with van der Waals surface area (Å²) in [6, 6.07) is 0.996. The summed E-state index contributed by atoms with van der Waals surface area (Å²) >= 11 is 0. The molecule has 1 aromatic rings. The largest absolute Gasteiger partial charge is 0.481 e. The normalized spacial score (nSPS) is 11.9. The second-order valence-electron chi connectivity index (χ2n) is 3.05. The van der Waals surface area contributed by atoms with Gasteiger partial charge in [0.1, 0.15) is 0 Å². The number of alkyl halides is 2. The highest BCUT2D eigenvalue weighted by Gasteiger charge is 2.24. The van der Waals surface area contributed by atoms with E-state index in [9.17, 15) is 17.2 Å². The minimum atomic E-state index is -4.30. The van der Waals surface area contributed by atoms with Gasteiger partial charge in [0, 0.05) is 5.56 Å². The fraction of sp³-hybridized carbons (Fsp3) is 0.375. The van der Waals surface area contributed by atoms with Crippen LogP contribution < -0.4 is 9.88 Å². The third kappa shape index (κ3) is 2.45. The zero-order valence-corrected chi connectivity index (χ0v) is 9.38. The number of rotatable bonds is 3. The van der Waals surface area contributed by atoms with Gasteiger partial charge in [0.2, 0.25) is 5.88 Å². The van der Waals surface area contributed by atoms with E-state index in [1.165, 1.54) is 14.0 Å². The molecule has 1 rings (SSSR count). The number of halogens is 2. The molecule has 1 aromatic heterocycles. The maximum absolute atomic E-state index is 12.6. The summed E-state index contributed by atoms with van der Waals surface area (Å²) in [5.41, 5.74) is -0.411. The number of nitrogens with zero attached hydrogens (tertiary/aromatic N) is 1. The predicted octanol–water partition coefficient (Wildman–Crippen LogP) is 0.984. The number of hydrogen-bond donors (Lipinski definition) is 1. The van der Waals surface area contributed by atoms with Crippen molar-refractivity contribution in [1.82, 2.24) is 4.98 Å². The van der Waals surface area contributed by atoms with Crippen LogP contribution in [0.3, 0.4) is 0 Å². The van der Waals surface area contributed by atoms with Crippen molar-refractivity contribution in [1.29, 1.82) is 0 Å². The van der Waals surface area contributed by atoms with Gasteiger partial charge in [-0.15, -0.1) is 0 Å². The second-order valence-corrected chi connectivity index (χ2v) is 4.53. The molecule has 0 fully saturated rings. The highest BCUT2D eigenvalue weighted by molar-refractivity contribution is 7.89. The number of methoxy groups -OCH3 is 1. The van der Waals surface area contributed by atoms with Crippen LogP contribution in [0.5, 0.6) is 5.88 Å². The third-order valence-corrected chi connectivity index (χ3v) is 2.72. The van der Waals surface area contributed by atoms with Crippen LogP contribution >= 0.6 is 0 Å². The summed E-state index contributed by atoms with van der Waals surface area (Å²) in [6.45, 7) is 1.48. The van der Waals surface area contributed by atoms with Crippen LogP contribution in [0, 0.1) is 6.92 Å². The summed E-state index contributed by atoms with van der Waals surface area (Å²) in [5, 5.41) is 3.93. The molecule has 0 unspecified atom stereocenters. The molecule has 8 heteroatoms. The van der Waals surface area contributed by atoms with E-state index in [1.54, 1.807) is 0 Å². The summed E-state index contributed by atoms with van der Waals surface area (Å²) in [7, 11) is -3.04. The Morgan fingerprint density at radius 1 is 1.50 bits per heavy atom. The van der Waals surface area contributed by atoms with E-state index in [1.807, 2.05) is 0 Å². The van der Waals surface area contributed by atoms with E-state index in [4.69, 9.17) is 9.88 Å². The minimum Gasteiger partial charge on any atom is -0.481 e. The Bertz CT molecular complexity index is 502. The molecule has 0 aliphatic rings. The lowest BCUT2D eigenvalue weighted by atomic mass is 10.2. The monoisotopic (exact) mass is 252 g/mol. The fourth-order valence-corrected chi connectivity index (χ4v) is 1.88. The van der Waals surface area contributed by atoms with Crippen molar-refractivity contribution in [3.05, 3.63) is 17.2 Å². The van der Waals surface area contributed by atoms with Gasteiger partial charge in [0.15, 0.2) is 5.03 Å². The molecule has 16 heavy (non-hydrogen) atoms. The van der Waals surface area contributed by atoms with Crippen molar-refractivity contribution in [3.8, 4) is 5.88 Å². The van der Waals surface area contributed by atoms with Crippen LogP contribution in [-0.4, -0.2) is 20.5 Å². The Kier molecular flexibility index (Phi) is 3.44. The number of aryl methyl sites for hydroxylation is 1. The van der Waals surface area contributed by atoms with Crippen molar-refractivity contribution in [2.45, 2.75) is 18.4 Å². The van der Waals surface area contributed by atoms with Gasteiger partial charge < -0.3 is 4.74 Å². The molecule has 0 bridgehead atoms. The summed E-state index contributed by atoms with van der Waals surface area (Å²) < 4.78 is 52.0. The van der Waals surface area contributed by atoms with E-state index >= 15 is 0 Å². The molecule has 2 N–H and O–H groups in total. The Labute approximate surface area is 91.3 Å². The molecule has 90 valence electrons. The minimum absolute atomic E-state index is 0.0478. The fourth-order valence-electron chi connectivity index (χ4n) is 1.19. The standard InChI is InChI=1S/C8H10F2N2O3S/c1-4-3-5(6(9)10)8(16(11,13)14)12-7(4)15-2/h3,6H,1-2H3,(H2,11,13,14). The highest BCUT2D eigenvalue weighted by Crippen LogP contribution is 2.28. The molecule has 0 saturated heterocycles. The second kappa shape index (κ2) is 4.30. The first-order valence-electron chi connectivity index (χ1n) is 4.14. The molecule has 1 heterocycles. The van der Waals surface area contributed by atoms with Gasteiger partial charge in [-0.2, -0.15) is 4.98 Å². The average Bonchev–Trinajstić information content (AvgIpc) is 2.15. The number of nitrogens with two attached hydrogens (primary N) is 1. The molecular formula is C8H10F2N2O3S. The maximum Gasteiger partial charge on any atom is 0.266 e. The van der Waals surface area contributed by atoms with Gasteiger partial charge in [0.25, 0.3) is 16.4 Å².